The Morgan fingerprint density at radius 1 is 1.14 bits per heavy atom. The maximum Gasteiger partial charge on any atom is 0.307 e. The number of carboxylic acids is 2. The fourth-order valence-corrected chi connectivity index (χ4v) is 1.11. The first-order valence-corrected chi connectivity index (χ1v) is 4.67. The summed E-state index contributed by atoms with van der Waals surface area (Å²) < 4.78 is 0. The Balaban J connectivity index is 4.15. The molecule has 0 saturated heterocycles. The molecule has 0 radical (unpaired) electrons. The van der Waals surface area contributed by atoms with Gasteiger partial charge in [-0.1, -0.05) is 31.4 Å². The number of hydrogen-bond donors (Lipinski definition) is 2. The number of rotatable bonds is 7. The van der Waals surface area contributed by atoms with Crippen molar-refractivity contribution in [2.45, 2.75) is 39.0 Å². The molecule has 4 heteroatoms. The lowest BCUT2D eigenvalue weighted by molar-refractivity contribution is -0.136. The first-order chi connectivity index (χ1) is 6.56. The van der Waals surface area contributed by atoms with Gasteiger partial charge < -0.3 is 10.2 Å². The molecule has 0 fully saturated rings. The van der Waals surface area contributed by atoms with Crippen molar-refractivity contribution in [3.8, 4) is 0 Å². The lowest BCUT2D eigenvalue weighted by Crippen LogP contribution is -2.03. The summed E-state index contributed by atoms with van der Waals surface area (Å²) in [6.07, 6.45) is 4.12. The van der Waals surface area contributed by atoms with Gasteiger partial charge in [-0.2, -0.15) is 0 Å². The third-order valence-corrected chi connectivity index (χ3v) is 1.75. The first kappa shape index (κ1) is 12.7. The van der Waals surface area contributed by atoms with Crippen molar-refractivity contribution >= 4 is 11.9 Å². The van der Waals surface area contributed by atoms with Crippen LogP contribution in [0, 0.1) is 0 Å². The van der Waals surface area contributed by atoms with E-state index in [1.807, 2.05) is 6.92 Å². The maximum absolute atomic E-state index is 10.4. The van der Waals surface area contributed by atoms with Gasteiger partial charge in [-0.15, -0.1) is 0 Å². The van der Waals surface area contributed by atoms with Crippen molar-refractivity contribution < 1.29 is 19.8 Å². The Kier molecular flexibility index (Phi) is 6.45. The van der Waals surface area contributed by atoms with Gasteiger partial charge in [0.05, 0.1) is 12.8 Å². The summed E-state index contributed by atoms with van der Waals surface area (Å²) in [5.74, 6) is -1.96. The summed E-state index contributed by atoms with van der Waals surface area (Å²) in [4.78, 5) is 20.8. The molecule has 0 aliphatic carbocycles. The molecule has 14 heavy (non-hydrogen) atoms. The zero-order chi connectivity index (χ0) is 11.0. The Labute approximate surface area is 83.2 Å². The maximum atomic E-state index is 10.4. The molecular weight excluding hydrogens is 184 g/mol. The van der Waals surface area contributed by atoms with Crippen molar-refractivity contribution in [3.05, 3.63) is 11.6 Å². The normalized spacial score (nSPS) is 9.50. The molecule has 0 spiro atoms. The molecule has 0 atom stereocenters. The molecule has 0 aliphatic rings. The minimum absolute atomic E-state index is 0.171. The number of carbonyl (C=O) groups is 2. The fourth-order valence-electron chi connectivity index (χ4n) is 1.11. The van der Waals surface area contributed by atoms with Gasteiger partial charge in [0, 0.05) is 0 Å². The second-order valence-corrected chi connectivity index (χ2v) is 3.15. The number of carboxylic acid groups (broad SMARTS) is 2. The van der Waals surface area contributed by atoms with Gasteiger partial charge in [0.25, 0.3) is 0 Å². The largest absolute Gasteiger partial charge is 0.481 e. The van der Waals surface area contributed by atoms with E-state index >= 15 is 0 Å². The SMILES string of the molecule is CCCCC=C(CC(=O)O)CC(=O)O. The van der Waals surface area contributed by atoms with Crippen LogP contribution in [0.15, 0.2) is 11.6 Å². The van der Waals surface area contributed by atoms with E-state index in [2.05, 4.69) is 0 Å². The summed E-state index contributed by atoms with van der Waals surface area (Å²) in [5.41, 5.74) is 0.485. The summed E-state index contributed by atoms with van der Waals surface area (Å²) in [7, 11) is 0. The van der Waals surface area contributed by atoms with Gasteiger partial charge in [-0.25, -0.2) is 0 Å². The van der Waals surface area contributed by atoms with Crippen LogP contribution in [0.4, 0.5) is 0 Å². The molecule has 4 nitrogen and oxygen atoms in total. The highest BCUT2D eigenvalue weighted by Crippen LogP contribution is 2.10. The average Bonchev–Trinajstić information content (AvgIpc) is 2.02. The van der Waals surface area contributed by atoms with E-state index in [0.29, 0.717) is 5.57 Å². The molecule has 0 aromatic carbocycles. The van der Waals surface area contributed by atoms with Gasteiger partial charge in [-0.3, -0.25) is 9.59 Å². The molecule has 80 valence electrons. The molecule has 0 amide bonds. The molecule has 0 rings (SSSR count). The van der Waals surface area contributed by atoms with E-state index < -0.39 is 11.9 Å². The van der Waals surface area contributed by atoms with Crippen molar-refractivity contribution in [1.82, 2.24) is 0 Å². The van der Waals surface area contributed by atoms with Crippen LogP contribution in [0.25, 0.3) is 0 Å². The highest BCUT2D eigenvalue weighted by Gasteiger charge is 2.07. The zero-order valence-corrected chi connectivity index (χ0v) is 8.32. The van der Waals surface area contributed by atoms with Crippen molar-refractivity contribution in [2.75, 3.05) is 0 Å². The van der Waals surface area contributed by atoms with Crippen LogP contribution in [-0.2, 0) is 9.59 Å². The van der Waals surface area contributed by atoms with E-state index in [-0.39, 0.29) is 12.8 Å². The van der Waals surface area contributed by atoms with Crippen molar-refractivity contribution in [3.63, 3.8) is 0 Å². The van der Waals surface area contributed by atoms with E-state index in [9.17, 15) is 9.59 Å². The number of allylic oxidation sites excluding steroid dienone is 1. The standard InChI is InChI=1S/C10H16O4/c1-2-3-4-5-8(6-9(11)12)7-10(13)14/h5H,2-4,6-7H2,1H3,(H,11,12)(H,13,14). The first-order valence-electron chi connectivity index (χ1n) is 4.67. The Hall–Kier alpha value is -1.32. The molecular formula is C10H16O4. The van der Waals surface area contributed by atoms with Crippen molar-refractivity contribution in [2.24, 2.45) is 0 Å². The quantitative estimate of drug-likeness (QED) is 0.487. The van der Waals surface area contributed by atoms with Crippen molar-refractivity contribution in [1.29, 1.82) is 0 Å². The van der Waals surface area contributed by atoms with Crippen LogP contribution in [0.1, 0.15) is 39.0 Å². The van der Waals surface area contributed by atoms with Crippen LogP contribution in [0.2, 0.25) is 0 Å². The predicted molar refractivity (Wildman–Crippen MR) is 52.1 cm³/mol. The minimum atomic E-state index is -0.978. The molecule has 0 aliphatic heterocycles. The van der Waals surface area contributed by atoms with E-state index in [0.717, 1.165) is 19.3 Å². The number of hydrogen-bond acceptors (Lipinski definition) is 2. The predicted octanol–water partition coefficient (Wildman–Crippen LogP) is 2.05. The molecule has 0 aromatic rings. The van der Waals surface area contributed by atoms with Crippen LogP contribution >= 0.6 is 0 Å². The highest BCUT2D eigenvalue weighted by atomic mass is 16.4. The second-order valence-electron chi connectivity index (χ2n) is 3.15. The third-order valence-electron chi connectivity index (χ3n) is 1.75. The number of aliphatic carboxylic acids is 2. The molecule has 2 N–H and O–H groups in total. The summed E-state index contributed by atoms with van der Waals surface area (Å²) in [5, 5.41) is 17.0. The zero-order valence-electron chi connectivity index (χ0n) is 8.32. The van der Waals surface area contributed by atoms with Crippen LogP contribution in [0.5, 0.6) is 0 Å². The van der Waals surface area contributed by atoms with Crippen LogP contribution in [0.3, 0.4) is 0 Å². The van der Waals surface area contributed by atoms with E-state index in [1.54, 1.807) is 6.08 Å². The van der Waals surface area contributed by atoms with Gasteiger partial charge >= 0.3 is 11.9 Å². The Bertz CT molecular complexity index is 212. The van der Waals surface area contributed by atoms with Crippen LogP contribution < -0.4 is 0 Å². The smallest absolute Gasteiger partial charge is 0.307 e. The molecule has 0 saturated carbocycles. The summed E-state index contributed by atoms with van der Waals surface area (Å²) in [6.45, 7) is 2.03. The average molecular weight is 200 g/mol. The van der Waals surface area contributed by atoms with Crippen LogP contribution in [-0.4, -0.2) is 22.2 Å². The van der Waals surface area contributed by atoms with Gasteiger partial charge in [0.1, 0.15) is 0 Å². The second kappa shape index (κ2) is 7.12. The monoisotopic (exact) mass is 200 g/mol. The Morgan fingerprint density at radius 2 is 1.64 bits per heavy atom. The molecule has 0 bridgehead atoms. The Morgan fingerprint density at radius 3 is 2.00 bits per heavy atom. The van der Waals surface area contributed by atoms with E-state index in [4.69, 9.17) is 10.2 Å². The lowest BCUT2D eigenvalue weighted by Gasteiger charge is -2.00. The van der Waals surface area contributed by atoms with Gasteiger partial charge in [-0.05, 0) is 6.42 Å². The molecule has 0 heterocycles. The van der Waals surface area contributed by atoms with Gasteiger partial charge in [0.2, 0.25) is 0 Å². The highest BCUT2D eigenvalue weighted by molar-refractivity contribution is 5.75. The molecule has 0 aromatic heterocycles. The minimum Gasteiger partial charge on any atom is -0.481 e. The fraction of sp³-hybridized carbons (Fsp3) is 0.600. The number of unbranched alkanes of at least 4 members (excludes halogenated alkanes) is 2. The van der Waals surface area contributed by atoms with E-state index in [1.165, 1.54) is 0 Å². The molecule has 0 unspecified atom stereocenters. The lowest BCUT2D eigenvalue weighted by atomic mass is 10.1. The third kappa shape index (κ3) is 7.34. The topological polar surface area (TPSA) is 74.6 Å². The summed E-state index contributed by atoms with van der Waals surface area (Å²) in [6, 6.07) is 0. The van der Waals surface area contributed by atoms with Gasteiger partial charge in [0.15, 0.2) is 0 Å². The summed E-state index contributed by atoms with van der Waals surface area (Å²) >= 11 is 0.